The molecule has 0 amide bonds. The minimum absolute atomic E-state index is 0.0689. The third-order valence-corrected chi connectivity index (χ3v) is 2.48. The highest BCUT2D eigenvalue weighted by Crippen LogP contribution is 2.13. The molecule has 1 aromatic carbocycles. The molecule has 2 N–H and O–H groups in total. The summed E-state index contributed by atoms with van der Waals surface area (Å²) in [5, 5.41) is 15.8. The van der Waals surface area contributed by atoms with E-state index in [9.17, 15) is 9.18 Å². The lowest BCUT2D eigenvalue weighted by atomic mass is 10.1. The number of carboxylic acid groups (broad SMARTS) is 1. The minimum atomic E-state index is -1.07. The second-order valence-corrected chi connectivity index (χ2v) is 3.87. The van der Waals surface area contributed by atoms with E-state index in [1.807, 2.05) is 0 Å². The van der Waals surface area contributed by atoms with Crippen LogP contribution in [0.15, 0.2) is 30.6 Å². The number of anilines is 1. The molecule has 0 atom stereocenters. The number of aromatic nitrogens is 2. The van der Waals surface area contributed by atoms with Crippen molar-refractivity contribution < 1.29 is 14.3 Å². The molecule has 0 fully saturated rings. The van der Waals surface area contributed by atoms with Gasteiger partial charge in [0, 0.05) is 25.4 Å². The SMILES string of the molecule is Cn1cc(NCc2cc(C(=O)O)ccc2F)cn1. The fourth-order valence-corrected chi connectivity index (χ4v) is 1.55. The van der Waals surface area contributed by atoms with Gasteiger partial charge < -0.3 is 10.4 Å². The Morgan fingerprint density at radius 1 is 1.56 bits per heavy atom. The fourth-order valence-electron chi connectivity index (χ4n) is 1.55. The van der Waals surface area contributed by atoms with E-state index >= 15 is 0 Å². The standard InChI is InChI=1S/C12H12FN3O2/c1-16-7-10(6-15-16)14-5-9-4-8(12(17)18)2-3-11(9)13/h2-4,6-7,14H,5H2,1H3,(H,17,18). The van der Waals surface area contributed by atoms with Crippen LogP contribution in [0, 0.1) is 5.82 Å². The summed E-state index contributed by atoms with van der Waals surface area (Å²) in [7, 11) is 1.77. The number of halogens is 1. The van der Waals surface area contributed by atoms with Crippen LogP contribution in [0.1, 0.15) is 15.9 Å². The molecule has 0 spiro atoms. The van der Waals surface area contributed by atoms with Crippen molar-refractivity contribution >= 4 is 11.7 Å². The van der Waals surface area contributed by atoms with E-state index < -0.39 is 11.8 Å². The van der Waals surface area contributed by atoms with Crippen molar-refractivity contribution in [2.45, 2.75) is 6.54 Å². The summed E-state index contributed by atoms with van der Waals surface area (Å²) in [6, 6.07) is 3.72. The van der Waals surface area contributed by atoms with Crippen molar-refractivity contribution in [2.24, 2.45) is 7.05 Å². The number of hydrogen-bond acceptors (Lipinski definition) is 3. The summed E-state index contributed by atoms with van der Waals surface area (Å²) in [6.07, 6.45) is 3.36. The van der Waals surface area contributed by atoms with Crippen LogP contribution >= 0.6 is 0 Å². The summed E-state index contributed by atoms with van der Waals surface area (Å²) >= 11 is 0. The molecule has 2 aromatic rings. The highest BCUT2D eigenvalue weighted by Gasteiger charge is 2.08. The van der Waals surface area contributed by atoms with Gasteiger partial charge in [0.15, 0.2) is 0 Å². The molecule has 94 valence electrons. The summed E-state index contributed by atoms with van der Waals surface area (Å²) in [5.74, 6) is -1.51. The number of aryl methyl sites for hydroxylation is 1. The molecular formula is C12H12FN3O2. The van der Waals surface area contributed by atoms with Crippen LogP contribution in [0.2, 0.25) is 0 Å². The Kier molecular flexibility index (Phi) is 3.27. The van der Waals surface area contributed by atoms with Crippen molar-refractivity contribution in [3.8, 4) is 0 Å². The first-order valence-corrected chi connectivity index (χ1v) is 5.30. The van der Waals surface area contributed by atoms with Crippen LogP contribution in [-0.4, -0.2) is 20.9 Å². The van der Waals surface area contributed by atoms with Gasteiger partial charge in [-0.3, -0.25) is 4.68 Å². The Morgan fingerprint density at radius 2 is 2.33 bits per heavy atom. The minimum Gasteiger partial charge on any atom is -0.478 e. The smallest absolute Gasteiger partial charge is 0.335 e. The predicted molar refractivity (Wildman–Crippen MR) is 63.9 cm³/mol. The molecule has 5 nitrogen and oxygen atoms in total. The quantitative estimate of drug-likeness (QED) is 0.868. The zero-order valence-corrected chi connectivity index (χ0v) is 9.72. The van der Waals surface area contributed by atoms with Crippen molar-refractivity contribution in [2.75, 3.05) is 5.32 Å². The molecule has 18 heavy (non-hydrogen) atoms. The monoisotopic (exact) mass is 249 g/mol. The predicted octanol–water partition coefficient (Wildman–Crippen LogP) is 1.87. The maximum Gasteiger partial charge on any atom is 0.335 e. The number of carbonyl (C=O) groups is 1. The number of carboxylic acids is 1. The van der Waals surface area contributed by atoms with Crippen LogP contribution in [0.4, 0.5) is 10.1 Å². The van der Waals surface area contributed by atoms with Crippen molar-refractivity contribution in [3.63, 3.8) is 0 Å². The normalized spacial score (nSPS) is 10.3. The lowest BCUT2D eigenvalue weighted by Gasteiger charge is -2.06. The van der Waals surface area contributed by atoms with Crippen LogP contribution in [-0.2, 0) is 13.6 Å². The number of hydrogen-bond donors (Lipinski definition) is 2. The molecule has 2 rings (SSSR count). The number of aromatic carboxylic acids is 1. The Bertz CT molecular complexity index is 580. The van der Waals surface area contributed by atoms with Gasteiger partial charge in [0.2, 0.25) is 0 Å². The van der Waals surface area contributed by atoms with Crippen molar-refractivity contribution in [1.82, 2.24) is 9.78 Å². The summed E-state index contributed by atoms with van der Waals surface area (Å²) < 4.78 is 15.1. The number of benzene rings is 1. The Balaban J connectivity index is 2.13. The van der Waals surface area contributed by atoms with E-state index in [-0.39, 0.29) is 12.1 Å². The first kappa shape index (κ1) is 12.1. The highest BCUT2D eigenvalue weighted by atomic mass is 19.1. The maximum atomic E-state index is 13.5. The van der Waals surface area contributed by atoms with Crippen LogP contribution < -0.4 is 5.32 Å². The zero-order chi connectivity index (χ0) is 13.1. The van der Waals surface area contributed by atoms with Gasteiger partial charge in [-0.2, -0.15) is 5.10 Å². The molecule has 0 saturated carbocycles. The fraction of sp³-hybridized carbons (Fsp3) is 0.167. The first-order valence-electron chi connectivity index (χ1n) is 5.30. The molecule has 1 heterocycles. The second-order valence-electron chi connectivity index (χ2n) is 3.87. The van der Waals surface area contributed by atoms with Crippen LogP contribution in [0.25, 0.3) is 0 Å². The van der Waals surface area contributed by atoms with Gasteiger partial charge in [-0.15, -0.1) is 0 Å². The Hall–Kier alpha value is -2.37. The molecule has 0 bridgehead atoms. The molecular weight excluding hydrogens is 237 g/mol. The maximum absolute atomic E-state index is 13.5. The van der Waals surface area contributed by atoms with Crippen LogP contribution in [0.3, 0.4) is 0 Å². The highest BCUT2D eigenvalue weighted by molar-refractivity contribution is 5.87. The van der Waals surface area contributed by atoms with Crippen molar-refractivity contribution in [1.29, 1.82) is 0 Å². The average Bonchev–Trinajstić information content (AvgIpc) is 2.74. The third-order valence-electron chi connectivity index (χ3n) is 2.48. The van der Waals surface area contributed by atoms with Crippen molar-refractivity contribution in [3.05, 3.63) is 47.5 Å². The molecule has 0 aliphatic carbocycles. The van der Waals surface area contributed by atoms with E-state index in [4.69, 9.17) is 5.11 Å². The number of nitrogens with zero attached hydrogens (tertiary/aromatic N) is 2. The second kappa shape index (κ2) is 4.87. The van der Waals surface area contributed by atoms with E-state index in [2.05, 4.69) is 10.4 Å². The Labute approximate surface area is 103 Å². The lowest BCUT2D eigenvalue weighted by Crippen LogP contribution is -2.04. The first-order chi connectivity index (χ1) is 8.56. The average molecular weight is 249 g/mol. The Morgan fingerprint density at radius 3 is 2.94 bits per heavy atom. The van der Waals surface area contributed by atoms with Gasteiger partial charge in [0.1, 0.15) is 5.82 Å². The zero-order valence-electron chi connectivity index (χ0n) is 9.72. The largest absolute Gasteiger partial charge is 0.478 e. The molecule has 0 unspecified atom stereocenters. The molecule has 0 aliphatic heterocycles. The van der Waals surface area contributed by atoms with Gasteiger partial charge in [0.05, 0.1) is 17.4 Å². The van der Waals surface area contributed by atoms with Gasteiger partial charge in [-0.1, -0.05) is 0 Å². The molecule has 0 aliphatic rings. The van der Waals surface area contributed by atoms with E-state index in [1.165, 1.54) is 12.1 Å². The topological polar surface area (TPSA) is 67.2 Å². The van der Waals surface area contributed by atoms with E-state index in [1.54, 1.807) is 24.1 Å². The lowest BCUT2D eigenvalue weighted by molar-refractivity contribution is 0.0696. The summed E-state index contributed by atoms with van der Waals surface area (Å²) in [6.45, 7) is 0.207. The molecule has 1 aromatic heterocycles. The number of nitrogens with one attached hydrogen (secondary N) is 1. The van der Waals surface area contributed by atoms with Gasteiger partial charge in [-0.05, 0) is 18.2 Å². The third kappa shape index (κ3) is 2.65. The van der Waals surface area contributed by atoms with Gasteiger partial charge in [-0.25, -0.2) is 9.18 Å². The molecule has 6 heteroatoms. The summed E-state index contributed by atoms with van der Waals surface area (Å²) in [5.41, 5.74) is 1.12. The molecule has 0 radical (unpaired) electrons. The summed E-state index contributed by atoms with van der Waals surface area (Å²) in [4.78, 5) is 10.8. The van der Waals surface area contributed by atoms with E-state index in [0.29, 0.717) is 5.56 Å². The molecule has 0 saturated heterocycles. The number of rotatable bonds is 4. The van der Waals surface area contributed by atoms with E-state index in [0.717, 1.165) is 11.8 Å². The van der Waals surface area contributed by atoms with Gasteiger partial charge in [0.25, 0.3) is 0 Å². The van der Waals surface area contributed by atoms with Gasteiger partial charge >= 0.3 is 5.97 Å². The van der Waals surface area contributed by atoms with Crippen LogP contribution in [0.5, 0.6) is 0 Å².